The first kappa shape index (κ1) is 23.6. The lowest BCUT2D eigenvalue weighted by atomic mass is 10.0. The molecule has 0 unspecified atom stereocenters. The van der Waals surface area contributed by atoms with Crippen molar-refractivity contribution in [3.8, 4) is 0 Å². The summed E-state index contributed by atoms with van der Waals surface area (Å²) in [7, 11) is 0. The summed E-state index contributed by atoms with van der Waals surface area (Å²) in [6, 6.07) is 14.9. The monoisotopic (exact) mass is 518 g/mol. The Morgan fingerprint density at radius 2 is 1.03 bits per heavy atom. The minimum Gasteiger partial charge on any atom is -0.478 e. The van der Waals surface area contributed by atoms with E-state index < -0.39 is 23.9 Å². The average Bonchev–Trinajstić information content (AvgIpc) is 2.95. The summed E-state index contributed by atoms with van der Waals surface area (Å²) < 4.78 is 5.02. The molecule has 0 aliphatic heterocycles. The Morgan fingerprint density at radius 3 is 1.44 bits per heavy atom. The van der Waals surface area contributed by atoms with Crippen molar-refractivity contribution in [1.29, 1.82) is 0 Å². The summed E-state index contributed by atoms with van der Waals surface area (Å²) >= 11 is 0. The molecule has 4 heterocycles. The normalized spacial score (nSPS) is 11.2. The van der Waals surface area contributed by atoms with Crippen LogP contribution in [-0.2, 0) is 4.74 Å². The molecular formula is C28H14N4O7. The minimum atomic E-state index is -1.17. The van der Waals surface area contributed by atoms with E-state index >= 15 is 0 Å². The number of nitrogens with zero attached hydrogens (tertiary/aromatic N) is 4. The van der Waals surface area contributed by atoms with Gasteiger partial charge in [-0.05, 0) is 48.5 Å². The molecule has 2 N–H and O–H groups in total. The number of carboxylic acid groups (broad SMARTS) is 2. The fraction of sp³-hybridized carbons (Fsp3) is 0. The lowest BCUT2D eigenvalue weighted by Crippen LogP contribution is -2.15. The van der Waals surface area contributed by atoms with Gasteiger partial charge in [-0.15, -0.1) is 0 Å². The van der Waals surface area contributed by atoms with Crippen LogP contribution < -0.4 is 0 Å². The van der Waals surface area contributed by atoms with Crippen LogP contribution in [0.2, 0.25) is 0 Å². The number of fused-ring (bicyclic) bond motifs is 6. The molecule has 6 aromatic rings. The number of esters is 2. The molecule has 0 aliphatic rings. The van der Waals surface area contributed by atoms with Gasteiger partial charge < -0.3 is 14.9 Å². The SMILES string of the molecule is O=C(OC(=O)c1ccc2c(C(=O)O)cc3cccnc3c2n1)c1ccc2c(C(=O)O)cc3cccnc3c2n1. The van der Waals surface area contributed by atoms with Gasteiger partial charge in [0, 0.05) is 33.9 Å². The highest BCUT2D eigenvalue weighted by atomic mass is 16.6. The van der Waals surface area contributed by atoms with Crippen LogP contribution in [-0.4, -0.2) is 54.0 Å². The van der Waals surface area contributed by atoms with Gasteiger partial charge in [0.1, 0.15) is 11.4 Å². The molecule has 0 bridgehead atoms. The third-order valence-electron chi connectivity index (χ3n) is 6.16. The zero-order valence-corrected chi connectivity index (χ0v) is 19.7. The van der Waals surface area contributed by atoms with Gasteiger partial charge in [0.05, 0.1) is 33.2 Å². The number of benzene rings is 2. The zero-order valence-electron chi connectivity index (χ0n) is 19.7. The van der Waals surface area contributed by atoms with Gasteiger partial charge in [0.2, 0.25) is 0 Å². The topological polar surface area (TPSA) is 170 Å². The number of hydrogen-bond donors (Lipinski definition) is 2. The van der Waals surface area contributed by atoms with Crippen LogP contribution >= 0.6 is 0 Å². The van der Waals surface area contributed by atoms with E-state index in [1.807, 2.05) is 0 Å². The Balaban J connectivity index is 1.39. The van der Waals surface area contributed by atoms with Gasteiger partial charge in [-0.25, -0.2) is 29.1 Å². The fourth-order valence-corrected chi connectivity index (χ4v) is 4.41. The number of carbonyl (C=O) groups is 4. The molecule has 0 saturated carbocycles. The van der Waals surface area contributed by atoms with Crippen molar-refractivity contribution in [2.75, 3.05) is 0 Å². The van der Waals surface area contributed by atoms with Crippen molar-refractivity contribution in [2.45, 2.75) is 0 Å². The number of hydrogen-bond acceptors (Lipinski definition) is 9. The van der Waals surface area contributed by atoms with Crippen LogP contribution in [0, 0.1) is 0 Å². The van der Waals surface area contributed by atoms with Crippen LogP contribution in [0.25, 0.3) is 43.6 Å². The number of carboxylic acids is 2. The summed E-state index contributed by atoms with van der Waals surface area (Å²) in [6.07, 6.45) is 3.02. The van der Waals surface area contributed by atoms with Crippen molar-refractivity contribution < 1.29 is 34.1 Å². The third-order valence-corrected chi connectivity index (χ3v) is 6.16. The number of pyridine rings is 4. The Bertz CT molecular complexity index is 1910. The van der Waals surface area contributed by atoms with Gasteiger partial charge in [0.25, 0.3) is 0 Å². The van der Waals surface area contributed by atoms with Crippen LogP contribution in [0.3, 0.4) is 0 Å². The molecule has 6 rings (SSSR count). The minimum absolute atomic E-state index is 0.0177. The van der Waals surface area contributed by atoms with Gasteiger partial charge in [-0.2, -0.15) is 0 Å². The van der Waals surface area contributed by atoms with Crippen LogP contribution in [0.4, 0.5) is 0 Å². The molecule has 0 amide bonds. The quantitative estimate of drug-likeness (QED) is 0.194. The predicted molar refractivity (Wildman–Crippen MR) is 138 cm³/mol. The summed E-state index contributed by atoms with van der Waals surface area (Å²) in [5.41, 5.74) is 0.557. The van der Waals surface area contributed by atoms with Crippen molar-refractivity contribution in [3.05, 3.63) is 95.6 Å². The molecule has 11 heteroatoms. The Hall–Kier alpha value is -5.84. The highest BCUT2D eigenvalue weighted by Crippen LogP contribution is 2.28. The van der Waals surface area contributed by atoms with Gasteiger partial charge in [-0.1, -0.05) is 12.1 Å². The van der Waals surface area contributed by atoms with Crippen molar-refractivity contribution in [1.82, 2.24) is 19.9 Å². The molecule has 188 valence electrons. The van der Waals surface area contributed by atoms with E-state index in [1.165, 1.54) is 48.8 Å². The molecule has 11 nitrogen and oxygen atoms in total. The summed E-state index contributed by atoms with van der Waals surface area (Å²) in [5, 5.41) is 20.8. The fourth-order valence-electron chi connectivity index (χ4n) is 4.41. The lowest BCUT2D eigenvalue weighted by molar-refractivity contribution is 0.0389. The second kappa shape index (κ2) is 8.92. The largest absolute Gasteiger partial charge is 0.478 e. The molecule has 0 atom stereocenters. The first-order valence-corrected chi connectivity index (χ1v) is 11.4. The second-order valence-corrected chi connectivity index (χ2v) is 8.47. The summed E-state index contributed by atoms with van der Waals surface area (Å²) in [6.45, 7) is 0. The predicted octanol–water partition coefficient (Wildman–Crippen LogP) is 4.27. The number of aromatic nitrogens is 4. The molecule has 0 fully saturated rings. The van der Waals surface area contributed by atoms with Crippen molar-refractivity contribution >= 4 is 67.5 Å². The smallest absolute Gasteiger partial charge is 0.364 e. The Morgan fingerprint density at radius 1 is 0.590 bits per heavy atom. The molecule has 0 radical (unpaired) electrons. The number of ether oxygens (including phenoxy) is 1. The van der Waals surface area contributed by atoms with E-state index in [-0.39, 0.29) is 44.3 Å². The van der Waals surface area contributed by atoms with E-state index in [4.69, 9.17) is 4.74 Å². The number of carbonyl (C=O) groups excluding carboxylic acids is 2. The lowest BCUT2D eigenvalue weighted by Gasteiger charge is -2.09. The first-order chi connectivity index (χ1) is 18.8. The van der Waals surface area contributed by atoms with Crippen molar-refractivity contribution in [3.63, 3.8) is 0 Å². The van der Waals surface area contributed by atoms with E-state index in [0.29, 0.717) is 21.8 Å². The van der Waals surface area contributed by atoms with Crippen molar-refractivity contribution in [2.24, 2.45) is 0 Å². The second-order valence-electron chi connectivity index (χ2n) is 8.47. The molecule has 0 aliphatic carbocycles. The van der Waals surface area contributed by atoms with Gasteiger partial charge in [0.15, 0.2) is 0 Å². The zero-order chi connectivity index (χ0) is 27.3. The summed E-state index contributed by atoms with van der Waals surface area (Å²) in [5.74, 6) is -4.52. The molecule has 39 heavy (non-hydrogen) atoms. The third kappa shape index (κ3) is 3.94. The molecule has 0 saturated heterocycles. The van der Waals surface area contributed by atoms with E-state index in [9.17, 15) is 29.4 Å². The summed E-state index contributed by atoms with van der Waals surface area (Å²) in [4.78, 5) is 66.4. The molecule has 2 aromatic carbocycles. The number of aromatic carboxylic acids is 2. The van der Waals surface area contributed by atoms with E-state index in [1.54, 1.807) is 24.3 Å². The van der Waals surface area contributed by atoms with Gasteiger partial charge in [-0.3, -0.25) is 9.97 Å². The average molecular weight is 518 g/mol. The highest BCUT2D eigenvalue weighted by molar-refractivity contribution is 6.15. The maximum absolute atomic E-state index is 12.9. The van der Waals surface area contributed by atoms with E-state index in [2.05, 4.69) is 19.9 Å². The van der Waals surface area contributed by atoms with Crippen LogP contribution in [0.5, 0.6) is 0 Å². The van der Waals surface area contributed by atoms with E-state index in [0.717, 1.165) is 0 Å². The highest BCUT2D eigenvalue weighted by Gasteiger charge is 2.22. The van der Waals surface area contributed by atoms with Crippen LogP contribution in [0.15, 0.2) is 73.1 Å². The molecule has 0 spiro atoms. The molecular weight excluding hydrogens is 504 g/mol. The number of rotatable bonds is 4. The Kier molecular flexibility index (Phi) is 5.39. The maximum Gasteiger partial charge on any atom is 0.364 e. The molecule has 4 aromatic heterocycles. The Labute approximate surface area is 217 Å². The maximum atomic E-state index is 12.9. The van der Waals surface area contributed by atoms with Gasteiger partial charge >= 0.3 is 23.9 Å². The standard InChI is InChI=1S/C28H14N4O7/c33-25(34)17-11-13-3-1-9-29-21(13)23-15(17)5-7-19(31-23)27(37)39-28(38)20-8-6-16-18(26(35)36)12-14-4-2-10-30-22(14)24(16)32-20/h1-12H,(H,33,34)(H,35,36). The first-order valence-electron chi connectivity index (χ1n) is 11.4. The van der Waals surface area contributed by atoms with Crippen LogP contribution in [0.1, 0.15) is 41.7 Å².